The minimum Gasteiger partial charge on any atom is -0.508 e. The van der Waals surface area contributed by atoms with E-state index in [4.69, 9.17) is 4.42 Å². The van der Waals surface area contributed by atoms with E-state index in [1.807, 2.05) is 31.2 Å². The summed E-state index contributed by atoms with van der Waals surface area (Å²) in [7, 11) is 0. The molecule has 2 rings (SSSR count). The first kappa shape index (κ1) is 13.7. The third-order valence-corrected chi connectivity index (χ3v) is 3.22. The van der Waals surface area contributed by atoms with Gasteiger partial charge in [-0.05, 0) is 56.5 Å². The maximum Gasteiger partial charge on any atom is 0.117 e. The standard InChI is InChI=1S/C16H21NO2/c1-12(17-11-16-10-4-13(2)19-16)3-5-14-6-8-15(18)9-7-14/h4,6-10,12,17-18H,3,5,11H2,1-2H3. The summed E-state index contributed by atoms with van der Waals surface area (Å²) in [5.74, 6) is 2.26. The molecule has 3 heteroatoms. The van der Waals surface area contributed by atoms with Crippen LogP contribution in [0, 0.1) is 6.92 Å². The topological polar surface area (TPSA) is 45.4 Å². The molecule has 0 saturated heterocycles. The summed E-state index contributed by atoms with van der Waals surface area (Å²) in [6, 6.07) is 11.8. The molecule has 19 heavy (non-hydrogen) atoms. The van der Waals surface area contributed by atoms with Crippen LogP contribution in [0.2, 0.25) is 0 Å². The molecule has 0 bridgehead atoms. The van der Waals surface area contributed by atoms with Crippen LogP contribution in [0.3, 0.4) is 0 Å². The summed E-state index contributed by atoms with van der Waals surface area (Å²) >= 11 is 0. The van der Waals surface area contributed by atoms with Gasteiger partial charge in [0.05, 0.1) is 6.54 Å². The summed E-state index contributed by atoms with van der Waals surface area (Å²) in [4.78, 5) is 0. The van der Waals surface area contributed by atoms with Crippen LogP contribution in [-0.2, 0) is 13.0 Å². The van der Waals surface area contributed by atoms with Crippen LogP contribution < -0.4 is 5.32 Å². The van der Waals surface area contributed by atoms with E-state index in [9.17, 15) is 5.11 Å². The molecule has 1 unspecified atom stereocenters. The van der Waals surface area contributed by atoms with Crippen molar-refractivity contribution >= 4 is 0 Å². The summed E-state index contributed by atoms with van der Waals surface area (Å²) < 4.78 is 5.52. The maximum atomic E-state index is 9.22. The van der Waals surface area contributed by atoms with Crippen molar-refractivity contribution in [3.8, 4) is 5.75 Å². The number of hydrogen-bond acceptors (Lipinski definition) is 3. The highest BCUT2D eigenvalue weighted by molar-refractivity contribution is 5.25. The van der Waals surface area contributed by atoms with Crippen LogP contribution in [0.5, 0.6) is 5.75 Å². The maximum absolute atomic E-state index is 9.22. The van der Waals surface area contributed by atoms with Crippen molar-refractivity contribution in [3.05, 3.63) is 53.5 Å². The Hall–Kier alpha value is -1.74. The molecule has 1 atom stereocenters. The largest absolute Gasteiger partial charge is 0.508 e. The summed E-state index contributed by atoms with van der Waals surface area (Å²) in [5, 5.41) is 12.7. The number of phenols is 1. The van der Waals surface area contributed by atoms with E-state index in [0.29, 0.717) is 11.8 Å². The molecule has 0 saturated carbocycles. The van der Waals surface area contributed by atoms with E-state index in [1.165, 1.54) is 5.56 Å². The molecule has 0 aliphatic carbocycles. The fraction of sp³-hybridized carbons (Fsp3) is 0.375. The Morgan fingerprint density at radius 2 is 1.89 bits per heavy atom. The Balaban J connectivity index is 1.72. The zero-order valence-electron chi connectivity index (χ0n) is 11.5. The number of hydrogen-bond donors (Lipinski definition) is 2. The van der Waals surface area contributed by atoms with Crippen molar-refractivity contribution in [1.29, 1.82) is 0 Å². The SMILES string of the molecule is Cc1ccc(CNC(C)CCc2ccc(O)cc2)o1. The highest BCUT2D eigenvalue weighted by Gasteiger charge is 2.04. The lowest BCUT2D eigenvalue weighted by Gasteiger charge is -2.12. The number of nitrogens with one attached hydrogen (secondary N) is 1. The van der Waals surface area contributed by atoms with Gasteiger partial charge in [-0.2, -0.15) is 0 Å². The van der Waals surface area contributed by atoms with E-state index in [0.717, 1.165) is 30.9 Å². The van der Waals surface area contributed by atoms with E-state index in [2.05, 4.69) is 12.2 Å². The zero-order chi connectivity index (χ0) is 13.7. The molecule has 2 aromatic rings. The van der Waals surface area contributed by atoms with E-state index >= 15 is 0 Å². The Morgan fingerprint density at radius 3 is 2.53 bits per heavy atom. The first-order chi connectivity index (χ1) is 9.13. The van der Waals surface area contributed by atoms with Crippen molar-refractivity contribution in [1.82, 2.24) is 5.32 Å². The number of furan rings is 1. The third-order valence-electron chi connectivity index (χ3n) is 3.22. The summed E-state index contributed by atoms with van der Waals surface area (Å²) in [6.07, 6.45) is 2.07. The molecule has 2 N–H and O–H groups in total. The Bertz CT molecular complexity index is 502. The van der Waals surface area contributed by atoms with Gasteiger partial charge in [-0.1, -0.05) is 12.1 Å². The van der Waals surface area contributed by atoms with Gasteiger partial charge in [-0.25, -0.2) is 0 Å². The Labute approximate surface area is 114 Å². The van der Waals surface area contributed by atoms with E-state index in [-0.39, 0.29) is 0 Å². The minimum absolute atomic E-state index is 0.322. The smallest absolute Gasteiger partial charge is 0.117 e. The lowest BCUT2D eigenvalue weighted by Crippen LogP contribution is -2.25. The molecule has 102 valence electrons. The normalized spacial score (nSPS) is 12.5. The second-order valence-electron chi connectivity index (χ2n) is 5.00. The fourth-order valence-corrected chi connectivity index (χ4v) is 2.00. The van der Waals surface area contributed by atoms with Gasteiger partial charge in [0, 0.05) is 6.04 Å². The molecular weight excluding hydrogens is 238 g/mol. The molecule has 1 aromatic heterocycles. The Kier molecular flexibility index (Phi) is 4.63. The van der Waals surface area contributed by atoms with Gasteiger partial charge in [0.1, 0.15) is 17.3 Å². The summed E-state index contributed by atoms with van der Waals surface area (Å²) in [6.45, 7) is 4.90. The van der Waals surface area contributed by atoms with Crippen LogP contribution in [-0.4, -0.2) is 11.1 Å². The monoisotopic (exact) mass is 259 g/mol. The zero-order valence-corrected chi connectivity index (χ0v) is 11.5. The van der Waals surface area contributed by atoms with Crippen molar-refractivity contribution in [2.24, 2.45) is 0 Å². The number of rotatable bonds is 6. The quantitative estimate of drug-likeness (QED) is 0.835. The molecule has 0 amide bonds. The molecular formula is C16H21NO2. The van der Waals surface area contributed by atoms with Gasteiger partial charge in [0.25, 0.3) is 0 Å². The van der Waals surface area contributed by atoms with Gasteiger partial charge >= 0.3 is 0 Å². The van der Waals surface area contributed by atoms with Crippen molar-refractivity contribution in [2.45, 2.75) is 39.3 Å². The van der Waals surface area contributed by atoms with Crippen LogP contribution in [0.25, 0.3) is 0 Å². The van der Waals surface area contributed by atoms with Crippen molar-refractivity contribution in [3.63, 3.8) is 0 Å². The molecule has 1 heterocycles. The van der Waals surface area contributed by atoms with E-state index < -0.39 is 0 Å². The number of phenolic OH excluding ortho intramolecular Hbond substituents is 1. The predicted molar refractivity (Wildman–Crippen MR) is 76.2 cm³/mol. The third kappa shape index (κ3) is 4.45. The van der Waals surface area contributed by atoms with Crippen molar-refractivity contribution < 1.29 is 9.52 Å². The van der Waals surface area contributed by atoms with Crippen LogP contribution in [0.1, 0.15) is 30.4 Å². The van der Waals surface area contributed by atoms with E-state index in [1.54, 1.807) is 12.1 Å². The van der Waals surface area contributed by atoms with Crippen LogP contribution in [0.15, 0.2) is 40.8 Å². The van der Waals surface area contributed by atoms with Gasteiger partial charge in [-0.3, -0.25) is 0 Å². The first-order valence-electron chi connectivity index (χ1n) is 6.70. The lowest BCUT2D eigenvalue weighted by atomic mass is 10.1. The molecule has 0 spiro atoms. The van der Waals surface area contributed by atoms with Gasteiger partial charge in [0.2, 0.25) is 0 Å². The van der Waals surface area contributed by atoms with Gasteiger partial charge in [-0.15, -0.1) is 0 Å². The average Bonchev–Trinajstić information content (AvgIpc) is 2.81. The summed E-state index contributed by atoms with van der Waals surface area (Å²) in [5.41, 5.74) is 1.25. The molecule has 1 aromatic carbocycles. The first-order valence-corrected chi connectivity index (χ1v) is 6.70. The highest BCUT2D eigenvalue weighted by atomic mass is 16.3. The van der Waals surface area contributed by atoms with Crippen LogP contribution in [0.4, 0.5) is 0 Å². The van der Waals surface area contributed by atoms with Gasteiger partial charge < -0.3 is 14.8 Å². The number of benzene rings is 1. The average molecular weight is 259 g/mol. The van der Waals surface area contributed by atoms with Crippen molar-refractivity contribution in [2.75, 3.05) is 0 Å². The molecule has 0 aliphatic heterocycles. The second-order valence-corrected chi connectivity index (χ2v) is 5.00. The fourth-order valence-electron chi connectivity index (χ4n) is 2.00. The van der Waals surface area contributed by atoms with Gasteiger partial charge in [0.15, 0.2) is 0 Å². The number of aryl methyl sites for hydroxylation is 2. The molecule has 0 fully saturated rings. The van der Waals surface area contributed by atoms with Crippen LogP contribution >= 0.6 is 0 Å². The predicted octanol–water partition coefficient (Wildman–Crippen LogP) is 3.40. The molecule has 3 nitrogen and oxygen atoms in total. The highest BCUT2D eigenvalue weighted by Crippen LogP contribution is 2.12. The minimum atomic E-state index is 0.322. The Morgan fingerprint density at radius 1 is 1.16 bits per heavy atom. The molecule has 0 radical (unpaired) electrons. The second kappa shape index (κ2) is 6.43. The number of aromatic hydroxyl groups is 1. The molecule has 0 aliphatic rings. The lowest BCUT2D eigenvalue weighted by molar-refractivity contribution is 0.431.